The summed E-state index contributed by atoms with van der Waals surface area (Å²) in [6, 6.07) is 12.6. The lowest BCUT2D eigenvalue weighted by molar-refractivity contribution is -0.138. The van der Waals surface area contributed by atoms with E-state index < -0.39 is 28.5 Å². The highest BCUT2D eigenvalue weighted by molar-refractivity contribution is 7.89. The van der Waals surface area contributed by atoms with Crippen molar-refractivity contribution >= 4 is 22.3 Å². The molecule has 6 nitrogen and oxygen atoms in total. The Morgan fingerprint density at radius 2 is 1.88 bits per heavy atom. The third-order valence-corrected chi connectivity index (χ3v) is 4.91. The van der Waals surface area contributed by atoms with E-state index in [0.717, 1.165) is 5.56 Å². The summed E-state index contributed by atoms with van der Waals surface area (Å²) in [5.74, 6) is -1.26. The number of nitrogens with one attached hydrogen (secondary N) is 1. The zero-order valence-electron chi connectivity index (χ0n) is 13.0. The number of aryl methyl sites for hydroxylation is 1. The fourth-order valence-corrected chi connectivity index (χ4v) is 3.76. The first kappa shape index (κ1) is 17.8. The average molecular weight is 347 g/mol. The summed E-state index contributed by atoms with van der Waals surface area (Å²) in [5.41, 5.74) is 1.92. The minimum Gasteiger partial charge on any atom is -0.481 e. The van der Waals surface area contributed by atoms with Crippen LogP contribution in [0.25, 0.3) is 11.1 Å². The van der Waals surface area contributed by atoms with Gasteiger partial charge in [-0.2, -0.15) is 0 Å². The predicted molar refractivity (Wildman–Crippen MR) is 89.0 cm³/mol. The molecular formula is C17H17NO5S. The van der Waals surface area contributed by atoms with E-state index in [1.54, 1.807) is 43.3 Å². The lowest BCUT2D eigenvalue weighted by atomic mass is 10.0. The van der Waals surface area contributed by atoms with Gasteiger partial charge in [-0.05, 0) is 24.1 Å². The lowest BCUT2D eigenvalue weighted by Crippen LogP contribution is -2.37. The number of aldehydes is 1. The summed E-state index contributed by atoms with van der Waals surface area (Å²) in [7, 11) is -4.06. The van der Waals surface area contributed by atoms with Crippen molar-refractivity contribution in [3.8, 4) is 11.1 Å². The fraction of sp³-hybridized carbons (Fsp3) is 0.176. The molecule has 0 spiro atoms. The minimum absolute atomic E-state index is 0.00550. The molecule has 126 valence electrons. The van der Waals surface area contributed by atoms with Gasteiger partial charge in [-0.25, -0.2) is 13.1 Å². The molecule has 0 saturated heterocycles. The Hall–Kier alpha value is -2.51. The molecule has 0 aliphatic heterocycles. The summed E-state index contributed by atoms with van der Waals surface area (Å²) in [5, 5.41) is 8.77. The van der Waals surface area contributed by atoms with Crippen molar-refractivity contribution in [3.05, 3.63) is 54.1 Å². The molecule has 7 heteroatoms. The number of hydrogen-bond acceptors (Lipinski definition) is 4. The molecule has 0 saturated carbocycles. The molecule has 2 aromatic rings. The lowest BCUT2D eigenvalue weighted by Gasteiger charge is -2.15. The number of carboxylic acids is 1. The highest BCUT2D eigenvalue weighted by Crippen LogP contribution is 2.28. The highest BCUT2D eigenvalue weighted by atomic mass is 32.2. The van der Waals surface area contributed by atoms with Crippen LogP contribution in [0.15, 0.2) is 53.4 Å². The second-order valence-electron chi connectivity index (χ2n) is 5.33. The SMILES string of the molecule is Cc1ccc(-c2ccccc2)c(S(=O)(=O)NC(C=O)CC(=O)O)c1. The van der Waals surface area contributed by atoms with Gasteiger partial charge >= 0.3 is 5.97 Å². The molecule has 0 fully saturated rings. The predicted octanol–water partition coefficient (Wildman–Crippen LogP) is 1.98. The van der Waals surface area contributed by atoms with Gasteiger partial charge < -0.3 is 9.90 Å². The number of carboxylic acid groups (broad SMARTS) is 1. The zero-order chi connectivity index (χ0) is 17.7. The Morgan fingerprint density at radius 3 is 2.46 bits per heavy atom. The van der Waals surface area contributed by atoms with E-state index in [2.05, 4.69) is 4.72 Å². The van der Waals surface area contributed by atoms with E-state index in [1.165, 1.54) is 6.07 Å². The first-order chi connectivity index (χ1) is 11.3. The van der Waals surface area contributed by atoms with Gasteiger partial charge in [0, 0.05) is 5.56 Å². The van der Waals surface area contributed by atoms with E-state index in [4.69, 9.17) is 5.11 Å². The normalized spacial score (nSPS) is 12.5. The molecule has 0 bridgehead atoms. The smallest absolute Gasteiger partial charge is 0.305 e. The van der Waals surface area contributed by atoms with Gasteiger partial charge in [0.05, 0.1) is 17.4 Å². The Balaban J connectivity index is 2.48. The quantitative estimate of drug-likeness (QED) is 0.746. The van der Waals surface area contributed by atoms with Crippen molar-refractivity contribution in [2.75, 3.05) is 0 Å². The van der Waals surface area contributed by atoms with Crippen LogP contribution in [0.3, 0.4) is 0 Å². The summed E-state index contributed by atoms with van der Waals surface area (Å²) in [4.78, 5) is 21.7. The maximum absolute atomic E-state index is 12.7. The van der Waals surface area contributed by atoms with Crippen molar-refractivity contribution < 1.29 is 23.1 Å². The molecule has 2 N–H and O–H groups in total. The van der Waals surface area contributed by atoms with Gasteiger partial charge in [0.15, 0.2) is 0 Å². The molecule has 0 aromatic heterocycles. The molecule has 0 amide bonds. The molecule has 2 aromatic carbocycles. The van der Waals surface area contributed by atoms with Crippen LogP contribution >= 0.6 is 0 Å². The highest BCUT2D eigenvalue weighted by Gasteiger charge is 2.24. The van der Waals surface area contributed by atoms with E-state index >= 15 is 0 Å². The van der Waals surface area contributed by atoms with Crippen molar-refractivity contribution in [2.24, 2.45) is 0 Å². The molecular weight excluding hydrogens is 330 g/mol. The largest absolute Gasteiger partial charge is 0.481 e. The number of rotatable bonds is 7. The molecule has 0 heterocycles. The maximum atomic E-state index is 12.7. The van der Waals surface area contributed by atoms with Crippen molar-refractivity contribution in [1.29, 1.82) is 0 Å². The Morgan fingerprint density at radius 1 is 1.21 bits per heavy atom. The van der Waals surface area contributed by atoms with Crippen LogP contribution < -0.4 is 4.72 Å². The van der Waals surface area contributed by atoms with E-state index in [9.17, 15) is 18.0 Å². The molecule has 0 aliphatic rings. The van der Waals surface area contributed by atoms with E-state index in [-0.39, 0.29) is 11.2 Å². The minimum atomic E-state index is -4.06. The molecule has 0 aliphatic carbocycles. The molecule has 0 radical (unpaired) electrons. The third-order valence-electron chi connectivity index (χ3n) is 3.38. The third kappa shape index (κ3) is 4.27. The van der Waals surface area contributed by atoms with Gasteiger partial charge in [-0.15, -0.1) is 0 Å². The van der Waals surface area contributed by atoms with Crippen LogP contribution in [0.1, 0.15) is 12.0 Å². The zero-order valence-corrected chi connectivity index (χ0v) is 13.8. The second kappa shape index (κ2) is 7.37. The van der Waals surface area contributed by atoms with Gasteiger partial charge in [0.25, 0.3) is 0 Å². The van der Waals surface area contributed by atoms with Crippen LogP contribution in [-0.2, 0) is 19.6 Å². The average Bonchev–Trinajstić information content (AvgIpc) is 2.54. The van der Waals surface area contributed by atoms with Crippen molar-refractivity contribution in [2.45, 2.75) is 24.3 Å². The summed E-state index contributed by atoms with van der Waals surface area (Å²) < 4.78 is 27.5. The summed E-state index contributed by atoms with van der Waals surface area (Å²) >= 11 is 0. The van der Waals surface area contributed by atoms with Crippen LogP contribution in [0.4, 0.5) is 0 Å². The summed E-state index contributed by atoms with van der Waals surface area (Å²) in [6.07, 6.45) is -0.334. The Bertz CT molecular complexity index is 847. The number of carbonyl (C=O) groups excluding carboxylic acids is 1. The van der Waals surface area contributed by atoms with E-state index in [0.29, 0.717) is 11.1 Å². The van der Waals surface area contributed by atoms with Crippen molar-refractivity contribution in [3.63, 3.8) is 0 Å². The maximum Gasteiger partial charge on any atom is 0.305 e. The molecule has 1 atom stereocenters. The fourth-order valence-electron chi connectivity index (χ4n) is 2.28. The first-order valence-electron chi connectivity index (χ1n) is 7.19. The van der Waals surface area contributed by atoms with E-state index in [1.807, 2.05) is 6.07 Å². The molecule has 24 heavy (non-hydrogen) atoms. The number of sulfonamides is 1. The van der Waals surface area contributed by atoms with Crippen molar-refractivity contribution in [1.82, 2.24) is 4.72 Å². The number of aliphatic carboxylic acids is 1. The number of benzene rings is 2. The van der Waals surface area contributed by atoms with Crippen LogP contribution in [0, 0.1) is 6.92 Å². The van der Waals surface area contributed by atoms with Gasteiger partial charge in [-0.1, -0.05) is 42.5 Å². The van der Waals surface area contributed by atoms with Gasteiger partial charge in [0.1, 0.15) is 6.29 Å². The van der Waals surface area contributed by atoms with Crippen LogP contribution in [0.2, 0.25) is 0 Å². The topological polar surface area (TPSA) is 101 Å². The second-order valence-corrected chi connectivity index (χ2v) is 7.01. The van der Waals surface area contributed by atoms with Crippen LogP contribution in [0.5, 0.6) is 0 Å². The van der Waals surface area contributed by atoms with Crippen LogP contribution in [-0.4, -0.2) is 31.8 Å². The molecule has 1 unspecified atom stereocenters. The number of hydrogen-bond donors (Lipinski definition) is 2. The Labute approximate surface area is 140 Å². The monoisotopic (exact) mass is 347 g/mol. The molecule has 2 rings (SSSR count). The first-order valence-corrected chi connectivity index (χ1v) is 8.67. The summed E-state index contributed by atoms with van der Waals surface area (Å²) in [6.45, 7) is 1.75. The van der Waals surface area contributed by atoms with Gasteiger partial charge in [-0.3, -0.25) is 4.79 Å². The van der Waals surface area contributed by atoms with Gasteiger partial charge in [0.2, 0.25) is 10.0 Å². The number of carbonyl (C=O) groups is 2. The Kier molecular flexibility index (Phi) is 5.48. The standard InChI is InChI=1S/C17H17NO5S/c1-12-7-8-15(13-5-3-2-4-6-13)16(9-12)24(22,23)18-14(11-19)10-17(20)21/h2-9,11,14,18H,10H2,1H3,(H,20,21).